The number of carbonyl (C=O) groups excluding carboxylic acids is 2. The van der Waals surface area contributed by atoms with Gasteiger partial charge in [-0.25, -0.2) is 0 Å². The normalized spacial score (nSPS) is 23.3. The second-order valence-electron chi connectivity index (χ2n) is 6.59. The summed E-state index contributed by atoms with van der Waals surface area (Å²) in [6.07, 6.45) is 4.91. The average Bonchev–Trinajstić information content (AvgIpc) is 2.56. The second kappa shape index (κ2) is 8.25. The van der Waals surface area contributed by atoms with Gasteiger partial charge in [0.15, 0.2) is 0 Å². The quantitative estimate of drug-likeness (QED) is 0.460. The first-order chi connectivity index (χ1) is 11.0. The molecule has 0 amide bonds. The summed E-state index contributed by atoms with van der Waals surface area (Å²) in [5, 5.41) is 0. The highest BCUT2D eigenvalue weighted by molar-refractivity contribution is 5.87. The molecule has 0 aromatic heterocycles. The minimum Gasteiger partial charge on any atom is -0.468 e. The molecule has 23 heavy (non-hydrogen) atoms. The van der Waals surface area contributed by atoms with E-state index in [1.165, 1.54) is 31.9 Å². The number of ether oxygens (including phenoxy) is 1. The van der Waals surface area contributed by atoms with Gasteiger partial charge in [-0.15, -0.1) is 0 Å². The Balaban J connectivity index is 1.99. The highest BCUT2D eigenvalue weighted by Gasteiger charge is 2.24. The molecule has 1 heterocycles. The average molecular weight is 317 g/mol. The molecule has 1 aromatic rings. The molecule has 0 N–H and O–H groups in total. The first-order valence-corrected chi connectivity index (χ1v) is 8.41. The van der Waals surface area contributed by atoms with Crippen molar-refractivity contribution in [1.82, 2.24) is 4.90 Å². The number of hydrogen-bond donors (Lipinski definition) is 0. The van der Waals surface area contributed by atoms with Crippen LogP contribution in [0.4, 0.5) is 0 Å². The van der Waals surface area contributed by atoms with E-state index in [2.05, 4.69) is 35.6 Å². The van der Waals surface area contributed by atoms with Crippen LogP contribution in [0, 0.1) is 5.92 Å². The van der Waals surface area contributed by atoms with E-state index in [-0.39, 0.29) is 0 Å². The van der Waals surface area contributed by atoms with Gasteiger partial charge in [-0.05, 0) is 44.2 Å². The zero-order valence-corrected chi connectivity index (χ0v) is 14.3. The molecule has 1 aliphatic rings. The van der Waals surface area contributed by atoms with Crippen LogP contribution in [-0.2, 0) is 27.3 Å². The molecule has 126 valence electrons. The molecule has 4 heteroatoms. The van der Waals surface area contributed by atoms with Gasteiger partial charge in [0.25, 0.3) is 0 Å². The molecule has 0 bridgehead atoms. The summed E-state index contributed by atoms with van der Waals surface area (Å²) in [6.45, 7) is 5.56. The smallest absolute Gasteiger partial charge is 0.316 e. The third-order valence-corrected chi connectivity index (χ3v) is 4.89. The maximum atomic E-state index is 11.5. The van der Waals surface area contributed by atoms with E-state index in [1.807, 2.05) is 12.1 Å². The molecule has 2 rings (SSSR count). The largest absolute Gasteiger partial charge is 0.468 e. The molecule has 3 atom stereocenters. The van der Waals surface area contributed by atoms with Crippen LogP contribution in [0.2, 0.25) is 0 Å². The first-order valence-electron chi connectivity index (χ1n) is 8.41. The Labute approximate surface area is 138 Å². The van der Waals surface area contributed by atoms with E-state index in [4.69, 9.17) is 0 Å². The Morgan fingerprint density at radius 1 is 1.22 bits per heavy atom. The van der Waals surface area contributed by atoms with Gasteiger partial charge in [-0.2, -0.15) is 0 Å². The Bertz CT molecular complexity index is 516. The van der Waals surface area contributed by atoms with Crippen molar-refractivity contribution >= 4 is 12.3 Å². The Hall–Kier alpha value is -1.68. The highest BCUT2D eigenvalue weighted by Crippen LogP contribution is 2.24. The fourth-order valence-electron chi connectivity index (χ4n) is 3.37. The fourth-order valence-corrected chi connectivity index (χ4v) is 3.37. The van der Waals surface area contributed by atoms with Crippen LogP contribution in [0.15, 0.2) is 24.3 Å². The van der Waals surface area contributed by atoms with Gasteiger partial charge in [0.2, 0.25) is 0 Å². The minimum atomic E-state index is -0.715. The Kier molecular flexibility index (Phi) is 6.34. The van der Waals surface area contributed by atoms with Crippen molar-refractivity contribution < 1.29 is 14.3 Å². The summed E-state index contributed by atoms with van der Waals surface area (Å²) in [7, 11) is 1.31. The first kappa shape index (κ1) is 17.7. The summed E-state index contributed by atoms with van der Waals surface area (Å²) in [6, 6.07) is 9.46. The molecule has 0 spiro atoms. The van der Waals surface area contributed by atoms with Crippen molar-refractivity contribution in [1.29, 1.82) is 0 Å². The zero-order valence-electron chi connectivity index (χ0n) is 14.3. The van der Waals surface area contributed by atoms with E-state index in [1.54, 1.807) is 0 Å². The standard InChI is InChI=1S/C19H27NO3/c1-14-5-4-6-15(2)20(14)12-17-9-7-16(8-10-17)11-18(13-21)19(22)23-3/h7-10,13-15,18H,4-6,11-12H2,1-3H3/t14-,15+,18?. The minimum absolute atomic E-state index is 0.396. The molecule has 1 saturated heterocycles. The monoisotopic (exact) mass is 317 g/mol. The Morgan fingerprint density at radius 3 is 2.30 bits per heavy atom. The van der Waals surface area contributed by atoms with E-state index in [9.17, 15) is 9.59 Å². The van der Waals surface area contributed by atoms with Crippen LogP contribution in [0.25, 0.3) is 0 Å². The van der Waals surface area contributed by atoms with Crippen molar-refractivity contribution in [2.45, 2.75) is 58.2 Å². The molecule has 0 aliphatic carbocycles. The summed E-state index contributed by atoms with van der Waals surface area (Å²) < 4.78 is 4.65. The van der Waals surface area contributed by atoms with Crippen molar-refractivity contribution in [3.8, 4) is 0 Å². The highest BCUT2D eigenvalue weighted by atomic mass is 16.5. The number of aldehydes is 1. The second-order valence-corrected chi connectivity index (χ2v) is 6.59. The summed E-state index contributed by atoms with van der Waals surface area (Å²) in [5.41, 5.74) is 2.26. The maximum absolute atomic E-state index is 11.5. The molecule has 0 saturated carbocycles. The number of piperidine rings is 1. The van der Waals surface area contributed by atoms with Crippen molar-refractivity contribution in [3.63, 3.8) is 0 Å². The number of nitrogens with zero attached hydrogens (tertiary/aromatic N) is 1. The van der Waals surface area contributed by atoms with Gasteiger partial charge in [0.1, 0.15) is 12.2 Å². The molecule has 1 aromatic carbocycles. The molecule has 0 radical (unpaired) electrons. The summed E-state index contributed by atoms with van der Waals surface area (Å²) in [4.78, 5) is 25.0. The topological polar surface area (TPSA) is 46.6 Å². The maximum Gasteiger partial charge on any atom is 0.316 e. The number of esters is 1. The lowest BCUT2D eigenvalue weighted by atomic mass is 9.96. The van der Waals surface area contributed by atoms with Crippen LogP contribution in [-0.4, -0.2) is 36.3 Å². The number of methoxy groups -OCH3 is 1. The summed E-state index contributed by atoms with van der Waals surface area (Å²) >= 11 is 0. The number of rotatable bonds is 6. The van der Waals surface area contributed by atoms with Crippen molar-refractivity contribution in [3.05, 3.63) is 35.4 Å². The van der Waals surface area contributed by atoms with E-state index in [0.717, 1.165) is 12.1 Å². The van der Waals surface area contributed by atoms with E-state index in [0.29, 0.717) is 24.8 Å². The molecular weight excluding hydrogens is 290 g/mol. The lowest BCUT2D eigenvalue weighted by Crippen LogP contribution is -2.42. The van der Waals surface area contributed by atoms with Gasteiger partial charge in [0.05, 0.1) is 7.11 Å². The van der Waals surface area contributed by atoms with Crippen molar-refractivity contribution in [2.24, 2.45) is 5.92 Å². The van der Waals surface area contributed by atoms with Crippen LogP contribution in [0.1, 0.15) is 44.2 Å². The molecule has 4 nitrogen and oxygen atoms in total. The van der Waals surface area contributed by atoms with E-state index < -0.39 is 11.9 Å². The van der Waals surface area contributed by atoms with Crippen LogP contribution < -0.4 is 0 Å². The number of hydrogen-bond acceptors (Lipinski definition) is 4. The lowest BCUT2D eigenvalue weighted by Gasteiger charge is -2.39. The SMILES string of the molecule is COC(=O)C(C=O)Cc1ccc(CN2[C@H](C)CCC[C@@H]2C)cc1. The summed E-state index contributed by atoms with van der Waals surface area (Å²) in [5.74, 6) is -1.19. The number of benzene rings is 1. The third-order valence-electron chi connectivity index (χ3n) is 4.89. The van der Waals surface area contributed by atoms with Gasteiger partial charge in [-0.3, -0.25) is 9.69 Å². The van der Waals surface area contributed by atoms with Gasteiger partial charge >= 0.3 is 5.97 Å². The number of carbonyl (C=O) groups is 2. The molecule has 1 aliphatic heterocycles. The predicted octanol–water partition coefficient (Wildman–Crippen LogP) is 2.98. The van der Waals surface area contributed by atoms with Crippen molar-refractivity contribution in [2.75, 3.05) is 7.11 Å². The Morgan fingerprint density at radius 2 is 1.78 bits per heavy atom. The fraction of sp³-hybridized carbons (Fsp3) is 0.579. The van der Waals surface area contributed by atoms with Crippen LogP contribution in [0.5, 0.6) is 0 Å². The van der Waals surface area contributed by atoms with Gasteiger partial charge < -0.3 is 9.53 Å². The van der Waals surface area contributed by atoms with Gasteiger partial charge in [0, 0.05) is 18.6 Å². The van der Waals surface area contributed by atoms with Gasteiger partial charge in [-0.1, -0.05) is 30.7 Å². The van der Waals surface area contributed by atoms with Crippen LogP contribution in [0.3, 0.4) is 0 Å². The van der Waals surface area contributed by atoms with Crippen LogP contribution >= 0.6 is 0 Å². The predicted molar refractivity (Wildman–Crippen MR) is 90.0 cm³/mol. The molecule has 1 unspecified atom stereocenters. The van der Waals surface area contributed by atoms with E-state index >= 15 is 0 Å². The molecular formula is C19H27NO3. The zero-order chi connectivity index (χ0) is 16.8. The number of likely N-dealkylation sites (tertiary alicyclic amines) is 1. The third kappa shape index (κ3) is 4.64. The lowest BCUT2D eigenvalue weighted by molar-refractivity contribution is -0.146. The molecule has 1 fully saturated rings.